The first-order valence-corrected chi connectivity index (χ1v) is 6.64. The van der Waals surface area contributed by atoms with Gasteiger partial charge in [0.2, 0.25) is 0 Å². The zero-order chi connectivity index (χ0) is 13.0. The molecule has 0 radical (unpaired) electrons. The van der Waals surface area contributed by atoms with Crippen molar-refractivity contribution in [2.75, 3.05) is 19.4 Å². The summed E-state index contributed by atoms with van der Waals surface area (Å²) >= 11 is 1.67. The van der Waals surface area contributed by atoms with E-state index in [1.54, 1.807) is 16.2 Å². The van der Waals surface area contributed by atoms with Gasteiger partial charge in [-0.15, -0.1) is 11.3 Å². The zero-order valence-electron chi connectivity index (χ0n) is 10.5. The lowest BCUT2D eigenvalue weighted by molar-refractivity contribution is 0.0786. The lowest BCUT2D eigenvalue weighted by atomic mass is 10.2. The number of nitrogens with zero attached hydrogens (tertiary/aromatic N) is 1. The molecule has 4 heteroatoms. The monoisotopic (exact) mass is 260 g/mol. The summed E-state index contributed by atoms with van der Waals surface area (Å²) in [5.74, 6) is 0.0473. The van der Waals surface area contributed by atoms with Crippen molar-refractivity contribution in [2.24, 2.45) is 0 Å². The minimum Gasteiger partial charge on any atom is -0.388 e. The summed E-state index contributed by atoms with van der Waals surface area (Å²) in [5.41, 5.74) is 1.72. The van der Waals surface area contributed by atoms with Crippen LogP contribution < -0.4 is 5.32 Å². The Morgan fingerprint density at radius 1 is 1.28 bits per heavy atom. The van der Waals surface area contributed by atoms with Gasteiger partial charge in [0.25, 0.3) is 5.91 Å². The van der Waals surface area contributed by atoms with Crippen molar-refractivity contribution >= 4 is 22.9 Å². The van der Waals surface area contributed by atoms with E-state index >= 15 is 0 Å². The van der Waals surface area contributed by atoms with E-state index in [1.807, 2.05) is 55.9 Å². The van der Waals surface area contributed by atoms with E-state index in [2.05, 4.69) is 5.32 Å². The second-order valence-electron chi connectivity index (χ2n) is 4.07. The molecule has 3 nitrogen and oxygen atoms in total. The van der Waals surface area contributed by atoms with Gasteiger partial charge in [-0.1, -0.05) is 6.07 Å². The van der Waals surface area contributed by atoms with Gasteiger partial charge < -0.3 is 10.2 Å². The van der Waals surface area contributed by atoms with Crippen molar-refractivity contribution in [1.82, 2.24) is 4.90 Å². The van der Waals surface area contributed by atoms with Gasteiger partial charge in [-0.25, -0.2) is 0 Å². The second kappa shape index (κ2) is 5.69. The van der Waals surface area contributed by atoms with Crippen LogP contribution in [0, 0.1) is 0 Å². The van der Waals surface area contributed by atoms with Crippen molar-refractivity contribution < 1.29 is 4.79 Å². The highest BCUT2D eigenvalue weighted by Crippen LogP contribution is 2.14. The van der Waals surface area contributed by atoms with Gasteiger partial charge in [0.1, 0.15) is 0 Å². The fraction of sp³-hybridized carbons (Fsp3) is 0.214. The van der Waals surface area contributed by atoms with Crippen molar-refractivity contribution in [3.05, 3.63) is 52.2 Å². The van der Waals surface area contributed by atoms with Crippen LogP contribution in [0.4, 0.5) is 5.69 Å². The highest BCUT2D eigenvalue weighted by atomic mass is 32.1. The first-order valence-electron chi connectivity index (χ1n) is 5.76. The Balaban J connectivity index is 2.05. The number of carbonyl (C=O) groups excluding carboxylic acids is 1. The van der Waals surface area contributed by atoms with Crippen LogP contribution in [0.5, 0.6) is 0 Å². The van der Waals surface area contributed by atoms with E-state index in [-0.39, 0.29) is 5.91 Å². The Morgan fingerprint density at radius 2 is 2.00 bits per heavy atom. The SMILES string of the molecule is CNc1ccc(C(=O)N(C)Cc2cccs2)cc1. The van der Waals surface area contributed by atoms with Crippen LogP contribution >= 0.6 is 11.3 Å². The molecule has 1 aromatic heterocycles. The lowest BCUT2D eigenvalue weighted by Crippen LogP contribution is -2.25. The summed E-state index contributed by atoms with van der Waals surface area (Å²) in [6.45, 7) is 0.657. The Hall–Kier alpha value is -1.81. The molecule has 1 N–H and O–H groups in total. The molecular weight excluding hydrogens is 244 g/mol. The van der Waals surface area contributed by atoms with Crippen molar-refractivity contribution in [2.45, 2.75) is 6.54 Å². The minimum atomic E-state index is 0.0473. The third-order valence-electron chi connectivity index (χ3n) is 2.74. The smallest absolute Gasteiger partial charge is 0.253 e. The number of amides is 1. The van der Waals surface area contributed by atoms with Gasteiger partial charge in [0, 0.05) is 30.2 Å². The molecule has 94 valence electrons. The molecule has 0 saturated heterocycles. The average molecular weight is 260 g/mol. The minimum absolute atomic E-state index is 0.0473. The van der Waals surface area contributed by atoms with Crippen LogP contribution in [0.2, 0.25) is 0 Å². The molecule has 1 aromatic carbocycles. The topological polar surface area (TPSA) is 32.3 Å². The third-order valence-corrected chi connectivity index (χ3v) is 3.60. The van der Waals surface area contributed by atoms with Crippen LogP contribution in [0.3, 0.4) is 0 Å². The predicted molar refractivity (Wildman–Crippen MR) is 76.1 cm³/mol. The maximum atomic E-state index is 12.2. The quantitative estimate of drug-likeness (QED) is 0.916. The normalized spacial score (nSPS) is 10.1. The van der Waals surface area contributed by atoms with Crippen molar-refractivity contribution in [3.8, 4) is 0 Å². The molecule has 0 aliphatic carbocycles. The molecule has 2 aromatic rings. The van der Waals surface area contributed by atoms with Gasteiger partial charge in [0.15, 0.2) is 0 Å². The van der Waals surface area contributed by atoms with E-state index in [9.17, 15) is 4.79 Å². The number of thiophene rings is 1. The zero-order valence-corrected chi connectivity index (χ0v) is 11.3. The highest BCUT2D eigenvalue weighted by Gasteiger charge is 2.12. The summed E-state index contributed by atoms with van der Waals surface area (Å²) in [4.78, 5) is 15.1. The van der Waals surface area contributed by atoms with Crippen LogP contribution in [0.25, 0.3) is 0 Å². The Bertz CT molecular complexity index is 505. The number of benzene rings is 1. The third kappa shape index (κ3) is 2.90. The lowest BCUT2D eigenvalue weighted by Gasteiger charge is -2.16. The van der Waals surface area contributed by atoms with Crippen LogP contribution in [-0.4, -0.2) is 24.9 Å². The van der Waals surface area contributed by atoms with Gasteiger partial charge in [-0.05, 0) is 35.7 Å². The summed E-state index contributed by atoms with van der Waals surface area (Å²) in [5, 5.41) is 5.06. The molecule has 1 heterocycles. The van der Waals surface area contributed by atoms with Crippen molar-refractivity contribution in [3.63, 3.8) is 0 Å². The van der Waals surface area contributed by atoms with E-state index in [0.29, 0.717) is 12.1 Å². The molecule has 0 saturated carbocycles. The fourth-order valence-corrected chi connectivity index (χ4v) is 2.47. The average Bonchev–Trinajstić information content (AvgIpc) is 2.91. The van der Waals surface area contributed by atoms with Crippen LogP contribution in [0.1, 0.15) is 15.2 Å². The van der Waals surface area contributed by atoms with Gasteiger partial charge >= 0.3 is 0 Å². The number of hydrogen-bond donors (Lipinski definition) is 1. The van der Waals surface area contributed by atoms with Crippen molar-refractivity contribution in [1.29, 1.82) is 0 Å². The second-order valence-corrected chi connectivity index (χ2v) is 5.10. The van der Waals surface area contributed by atoms with E-state index in [4.69, 9.17) is 0 Å². The Morgan fingerprint density at radius 3 is 2.56 bits per heavy atom. The number of nitrogens with one attached hydrogen (secondary N) is 1. The highest BCUT2D eigenvalue weighted by molar-refractivity contribution is 7.09. The van der Waals surface area contributed by atoms with E-state index < -0.39 is 0 Å². The summed E-state index contributed by atoms with van der Waals surface area (Å²) < 4.78 is 0. The largest absolute Gasteiger partial charge is 0.388 e. The first kappa shape index (κ1) is 12.6. The number of rotatable bonds is 4. The van der Waals surface area contributed by atoms with Crippen LogP contribution in [0.15, 0.2) is 41.8 Å². The molecule has 0 fully saturated rings. The fourth-order valence-electron chi connectivity index (χ4n) is 1.71. The van der Waals surface area contributed by atoms with Gasteiger partial charge in [-0.3, -0.25) is 4.79 Å². The van der Waals surface area contributed by atoms with Gasteiger partial charge in [0.05, 0.1) is 6.54 Å². The summed E-state index contributed by atoms with van der Waals surface area (Å²) in [6, 6.07) is 11.6. The van der Waals surface area contributed by atoms with Gasteiger partial charge in [-0.2, -0.15) is 0 Å². The summed E-state index contributed by atoms with van der Waals surface area (Å²) in [6.07, 6.45) is 0. The Labute approximate surface area is 111 Å². The first-order chi connectivity index (χ1) is 8.70. The standard InChI is InChI=1S/C14H16N2OS/c1-15-12-7-5-11(6-8-12)14(17)16(2)10-13-4-3-9-18-13/h3-9,15H,10H2,1-2H3. The predicted octanol–water partition coefficient (Wildman–Crippen LogP) is 3.06. The molecule has 2 rings (SSSR count). The van der Waals surface area contributed by atoms with E-state index in [1.165, 1.54) is 4.88 Å². The number of anilines is 1. The molecule has 18 heavy (non-hydrogen) atoms. The molecule has 0 aliphatic rings. The Kier molecular flexibility index (Phi) is 3.99. The number of hydrogen-bond acceptors (Lipinski definition) is 3. The molecule has 1 amide bonds. The number of carbonyl (C=O) groups is 1. The molecule has 0 unspecified atom stereocenters. The molecule has 0 bridgehead atoms. The molecule has 0 spiro atoms. The maximum Gasteiger partial charge on any atom is 0.253 e. The summed E-state index contributed by atoms with van der Waals surface area (Å²) in [7, 11) is 3.69. The molecular formula is C14H16N2OS. The van der Waals surface area contributed by atoms with E-state index in [0.717, 1.165) is 5.69 Å². The maximum absolute atomic E-state index is 12.2. The molecule has 0 aliphatic heterocycles. The molecule has 0 atom stereocenters. The van der Waals surface area contributed by atoms with Crippen LogP contribution in [-0.2, 0) is 6.54 Å².